The van der Waals surface area contributed by atoms with E-state index < -0.39 is 31.8 Å². The van der Waals surface area contributed by atoms with Crippen molar-refractivity contribution in [1.29, 1.82) is 0 Å². The number of benzene rings is 2. The second-order valence-electron chi connectivity index (χ2n) is 8.86. The molecule has 1 saturated heterocycles. The van der Waals surface area contributed by atoms with Gasteiger partial charge in [0, 0.05) is 25.8 Å². The lowest BCUT2D eigenvalue weighted by molar-refractivity contribution is -0.137. The number of carbonyl (C=O) groups is 1. The summed E-state index contributed by atoms with van der Waals surface area (Å²) in [6, 6.07) is 5.64. The zero-order valence-electron chi connectivity index (χ0n) is 18.9. The van der Waals surface area contributed by atoms with Crippen LogP contribution in [-0.4, -0.2) is 42.1 Å². The first-order valence-electron chi connectivity index (χ1n) is 11.3. The van der Waals surface area contributed by atoms with Crippen LogP contribution in [0.15, 0.2) is 30.3 Å². The van der Waals surface area contributed by atoms with Crippen molar-refractivity contribution in [3.63, 3.8) is 0 Å². The zero-order chi connectivity index (χ0) is 25.3. The smallest absolute Gasteiger partial charge is 0.416 e. The Morgan fingerprint density at radius 2 is 1.83 bits per heavy atom. The minimum absolute atomic E-state index is 0.0786. The van der Waals surface area contributed by atoms with Gasteiger partial charge in [0.15, 0.2) is 8.30 Å². The van der Waals surface area contributed by atoms with Crippen molar-refractivity contribution in [2.75, 3.05) is 26.4 Å². The van der Waals surface area contributed by atoms with Gasteiger partial charge in [-0.15, -0.1) is 0 Å². The van der Waals surface area contributed by atoms with Gasteiger partial charge in [0.1, 0.15) is 17.3 Å². The number of halogens is 5. The van der Waals surface area contributed by atoms with Gasteiger partial charge in [-0.1, -0.05) is 11.6 Å². The van der Waals surface area contributed by atoms with E-state index in [0.29, 0.717) is 12.4 Å². The number of carboxylic acids is 1. The molecule has 2 aromatic rings. The molecular weight excluding hydrogens is 509 g/mol. The average Bonchev–Trinajstić information content (AvgIpc) is 3.63. The van der Waals surface area contributed by atoms with Crippen molar-refractivity contribution in [3.8, 4) is 11.5 Å². The maximum absolute atomic E-state index is 14.2. The van der Waals surface area contributed by atoms with E-state index in [9.17, 15) is 27.5 Å². The third-order valence-electron chi connectivity index (χ3n) is 6.30. The Balaban J connectivity index is 1.30. The lowest BCUT2D eigenvalue weighted by atomic mass is 9.99. The van der Waals surface area contributed by atoms with Crippen LogP contribution in [0.4, 0.5) is 17.6 Å². The van der Waals surface area contributed by atoms with Crippen LogP contribution in [0.2, 0.25) is 5.02 Å². The fourth-order valence-corrected chi connectivity index (χ4v) is 5.73. The van der Waals surface area contributed by atoms with E-state index in [1.807, 2.05) is 6.66 Å². The number of aromatic carboxylic acids is 1. The van der Waals surface area contributed by atoms with E-state index in [2.05, 4.69) is 4.67 Å². The molecule has 0 bridgehead atoms. The van der Waals surface area contributed by atoms with Crippen LogP contribution >= 0.6 is 19.9 Å². The molecule has 190 valence electrons. The molecule has 0 radical (unpaired) electrons. The molecule has 1 heterocycles. The molecular formula is C24H25ClF4NO4P. The van der Waals surface area contributed by atoms with E-state index >= 15 is 0 Å². The zero-order valence-corrected chi connectivity index (χ0v) is 20.6. The molecule has 11 heteroatoms. The summed E-state index contributed by atoms with van der Waals surface area (Å²) in [5.41, 5.74) is -0.407. The van der Waals surface area contributed by atoms with Crippen molar-refractivity contribution in [1.82, 2.24) is 4.67 Å². The first-order valence-corrected chi connectivity index (χ1v) is 13.3. The topological polar surface area (TPSA) is 59.0 Å². The van der Waals surface area contributed by atoms with Gasteiger partial charge in [-0.3, -0.25) is 4.67 Å². The van der Waals surface area contributed by atoms with Crippen LogP contribution in [0.25, 0.3) is 0 Å². The van der Waals surface area contributed by atoms with Gasteiger partial charge < -0.3 is 14.4 Å². The summed E-state index contributed by atoms with van der Waals surface area (Å²) in [4.78, 5) is 11.3. The van der Waals surface area contributed by atoms with Gasteiger partial charge in [-0.25, -0.2) is 9.18 Å². The van der Waals surface area contributed by atoms with Crippen LogP contribution in [0.3, 0.4) is 0 Å². The van der Waals surface area contributed by atoms with Crippen LogP contribution in [0.5, 0.6) is 11.5 Å². The van der Waals surface area contributed by atoms with E-state index in [-0.39, 0.29) is 28.2 Å². The Hall–Kier alpha value is -2.09. The number of alkyl halides is 3. The molecule has 35 heavy (non-hydrogen) atoms. The van der Waals surface area contributed by atoms with E-state index in [0.717, 1.165) is 56.5 Å². The molecule has 4 rings (SSSR count). The van der Waals surface area contributed by atoms with Crippen LogP contribution in [0, 0.1) is 11.7 Å². The molecule has 1 unspecified atom stereocenters. The van der Waals surface area contributed by atoms with Gasteiger partial charge in [0.05, 0.1) is 22.8 Å². The van der Waals surface area contributed by atoms with Crippen LogP contribution in [0.1, 0.15) is 53.1 Å². The first kappa shape index (κ1) is 26.0. The van der Waals surface area contributed by atoms with Crippen molar-refractivity contribution < 1.29 is 36.7 Å². The fourth-order valence-electron chi connectivity index (χ4n) is 4.10. The fraction of sp³-hybridized carbons (Fsp3) is 0.458. The molecule has 1 aliphatic carbocycles. The molecule has 0 spiro atoms. The lowest BCUT2D eigenvalue weighted by Gasteiger charge is -2.35. The van der Waals surface area contributed by atoms with Crippen molar-refractivity contribution in [2.45, 2.75) is 37.8 Å². The molecule has 1 saturated carbocycles. The minimum atomic E-state index is -4.47. The molecule has 5 nitrogen and oxygen atoms in total. The third kappa shape index (κ3) is 6.38. The SMILES string of the molecule is CP(Oc1ccc(C(F)(F)F)cc1Cl)N1CCC(COc2cc(F)c(C(=O)O)cc2C2CC2)CC1. The highest BCUT2D eigenvalue weighted by atomic mass is 35.5. The summed E-state index contributed by atoms with van der Waals surface area (Å²) < 4.78 is 66.7. The number of hydrogen-bond acceptors (Lipinski definition) is 4. The van der Waals surface area contributed by atoms with Gasteiger partial charge in [-0.2, -0.15) is 13.2 Å². The second kappa shape index (κ2) is 10.5. The van der Waals surface area contributed by atoms with Gasteiger partial charge in [-0.05, 0) is 67.3 Å². The Kier molecular flexibility index (Phi) is 7.79. The molecule has 1 aliphatic heterocycles. The highest BCUT2D eigenvalue weighted by Gasteiger charge is 2.32. The van der Waals surface area contributed by atoms with Crippen LogP contribution < -0.4 is 9.26 Å². The standard InChI is InChI=1S/C24H25ClF4NO4P/c1-35(34-21-5-4-16(10-19(21)25)24(27,28)29)30-8-6-14(7-9-30)13-33-22-12-20(26)18(23(31)32)11-17(22)15-2-3-15/h4-5,10-12,14-15H,2-3,6-9,13H2,1H3,(H,31,32). The Morgan fingerprint density at radius 1 is 1.14 bits per heavy atom. The quantitative estimate of drug-likeness (QED) is 0.287. The Labute approximate surface area is 206 Å². The predicted molar refractivity (Wildman–Crippen MR) is 125 cm³/mol. The lowest BCUT2D eigenvalue weighted by Crippen LogP contribution is -2.33. The molecule has 2 fully saturated rings. The number of rotatable bonds is 8. The number of carboxylic acid groups (broad SMARTS) is 1. The molecule has 0 amide bonds. The second-order valence-corrected chi connectivity index (χ2v) is 10.9. The number of nitrogens with zero attached hydrogens (tertiary/aromatic N) is 1. The molecule has 1 N–H and O–H groups in total. The largest absolute Gasteiger partial charge is 0.493 e. The van der Waals surface area contributed by atoms with E-state index in [4.69, 9.17) is 20.9 Å². The number of ether oxygens (including phenoxy) is 1. The normalized spacial score (nSPS) is 18.3. The summed E-state index contributed by atoms with van der Waals surface area (Å²) >= 11 is 6.01. The van der Waals surface area contributed by atoms with E-state index in [1.54, 1.807) is 0 Å². The number of piperidine rings is 1. The van der Waals surface area contributed by atoms with Crippen molar-refractivity contribution in [2.24, 2.45) is 5.92 Å². The highest BCUT2D eigenvalue weighted by molar-refractivity contribution is 7.49. The third-order valence-corrected chi connectivity index (χ3v) is 8.25. The highest BCUT2D eigenvalue weighted by Crippen LogP contribution is 2.46. The van der Waals surface area contributed by atoms with Gasteiger partial charge >= 0.3 is 12.1 Å². The van der Waals surface area contributed by atoms with Crippen molar-refractivity contribution in [3.05, 3.63) is 57.9 Å². The van der Waals surface area contributed by atoms with Gasteiger partial charge in [0.25, 0.3) is 0 Å². The van der Waals surface area contributed by atoms with E-state index in [1.165, 1.54) is 18.2 Å². The first-order chi connectivity index (χ1) is 16.5. The Bertz CT molecular complexity index is 1090. The molecule has 0 aromatic heterocycles. The van der Waals surface area contributed by atoms with Gasteiger partial charge in [0.2, 0.25) is 0 Å². The van der Waals surface area contributed by atoms with Crippen LogP contribution in [-0.2, 0) is 6.18 Å². The molecule has 2 aliphatic rings. The summed E-state index contributed by atoms with van der Waals surface area (Å²) in [5, 5.41) is 9.11. The maximum Gasteiger partial charge on any atom is 0.416 e. The Morgan fingerprint density at radius 3 is 2.40 bits per heavy atom. The number of hydrogen-bond donors (Lipinski definition) is 1. The van der Waals surface area contributed by atoms with Crippen molar-refractivity contribution >= 4 is 25.9 Å². The predicted octanol–water partition coefficient (Wildman–Crippen LogP) is 7.19. The monoisotopic (exact) mass is 533 g/mol. The maximum atomic E-state index is 14.2. The minimum Gasteiger partial charge on any atom is -0.493 e. The summed E-state index contributed by atoms with van der Waals surface area (Å²) in [7, 11) is -1.10. The molecule has 1 atom stereocenters. The molecule has 2 aromatic carbocycles. The average molecular weight is 534 g/mol. The summed E-state index contributed by atoms with van der Waals surface area (Å²) in [6.45, 7) is 3.72. The summed E-state index contributed by atoms with van der Waals surface area (Å²) in [5.74, 6) is -1.02. The summed E-state index contributed by atoms with van der Waals surface area (Å²) in [6.07, 6.45) is -0.978.